The van der Waals surface area contributed by atoms with E-state index in [1.165, 1.54) is 13.8 Å². The normalized spacial score (nSPS) is 37.9. The molecule has 8 heteroatoms. The summed E-state index contributed by atoms with van der Waals surface area (Å²) in [6.45, 7) is 16.4. The third-order valence-corrected chi connectivity index (χ3v) is 8.87. The highest BCUT2D eigenvalue weighted by Crippen LogP contribution is 2.67. The van der Waals surface area contributed by atoms with Gasteiger partial charge in [-0.25, -0.2) is 0 Å². The Kier molecular flexibility index (Phi) is 8.75. The summed E-state index contributed by atoms with van der Waals surface area (Å²) in [7, 11) is 0. The molecule has 1 N–H and O–H groups in total. The minimum atomic E-state index is -1.17. The number of hydrogen-bond donors (Lipinski definition) is 1. The molecule has 0 aromatic heterocycles. The zero-order valence-corrected chi connectivity index (χ0v) is 23.1. The van der Waals surface area contributed by atoms with E-state index in [1.54, 1.807) is 12.2 Å². The first-order valence-electron chi connectivity index (χ1n) is 13.2. The van der Waals surface area contributed by atoms with Crippen molar-refractivity contribution in [3.8, 4) is 0 Å². The predicted octanol–water partition coefficient (Wildman–Crippen LogP) is 4.62. The molecule has 0 amide bonds. The Morgan fingerprint density at radius 2 is 1.84 bits per heavy atom. The first-order valence-corrected chi connectivity index (χ1v) is 13.2. The fourth-order valence-electron chi connectivity index (χ4n) is 6.30. The average Bonchev–Trinajstić information content (AvgIpc) is 3.12. The molecule has 37 heavy (non-hydrogen) atoms. The molecule has 9 atom stereocenters. The fraction of sp³-hybridized carbons (Fsp3) is 0.690. The summed E-state index contributed by atoms with van der Waals surface area (Å²) in [5, 5.41) is 11.7. The van der Waals surface area contributed by atoms with Crippen LogP contribution in [0.3, 0.4) is 0 Å². The monoisotopic (exact) mass is 518 g/mol. The van der Waals surface area contributed by atoms with Gasteiger partial charge in [-0.05, 0) is 55.9 Å². The largest absolute Gasteiger partial charge is 0.458 e. The van der Waals surface area contributed by atoms with Crippen molar-refractivity contribution < 1.29 is 38.4 Å². The summed E-state index contributed by atoms with van der Waals surface area (Å²) in [4.78, 5) is 37.0. The van der Waals surface area contributed by atoms with Gasteiger partial charge in [-0.2, -0.15) is 0 Å². The van der Waals surface area contributed by atoms with Crippen molar-refractivity contribution in [3.63, 3.8) is 0 Å². The predicted molar refractivity (Wildman–Crippen MR) is 137 cm³/mol. The molecular formula is C29H42O8. The maximum absolute atomic E-state index is 12.8. The van der Waals surface area contributed by atoms with Crippen LogP contribution in [-0.2, 0) is 33.3 Å². The summed E-state index contributed by atoms with van der Waals surface area (Å²) < 4.78 is 23.2. The van der Waals surface area contributed by atoms with Crippen molar-refractivity contribution in [2.45, 2.75) is 98.9 Å². The van der Waals surface area contributed by atoms with Crippen LogP contribution in [0.1, 0.15) is 74.1 Å². The molecule has 2 aliphatic carbocycles. The lowest BCUT2D eigenvalue weighted by molar-refractivity contribution is -0.254. The zero-order valence-electron chi connectivity index (χ0n) is 23.1. The topological polar surface area (TPSA) is 108 Å². The molecule has 0 radical (unpaired) electrons. The van der Waals surface area contributed by atoms with Crippen LogP contribution in [0, 0.1) is 28.6 Å². The van der Waals surface area contributed by atoms with E-state index in [4.69, 9.17) is 18.9 Å². The second kappa shape index (κ2) is 11.1. The van der Waals surface area contributed by atoms with Crippen LogP contribution in [0.2, 0.25) is 0 Å². The van der Waals surface area contributed by atoms with Gasteiger partial charge in [0.25, 0.3) is 0 Å². The molecule has 1 aliphatic heterocycles. The summed E-state index contributed by atoms with van der Waals surface area (Å²) in [5.74, 6) is -1.99. The lowest BCUT2D eigenvalue weighted by atomic mass is 9.45. The van der Waals surface area contributed by atoms with E-state index in [0.717, 1.165) is 5.57 Å². The van der Waals surface area contributed by atoms with Gasteiger partial charge in [-0.1, -0.05) is 52.0 Å². The Morgan fingerprint density at radius 3 is 2.41 bits per heavy atom. The molecule has 0 bridgehead atoms. The molecule has 206 valence electrons. The Labute approximate surface area is 220 Å². The maximum atomic E-state index is 12.8. The van der Waals surface area contributed by atoms with Crippen LogP contribution in [0.25, 0.3) is 0 Å². The first kappa shape index (κ1) is 29.1. The third kappa shape index (κ3) is 5.28. The number of ether oxygens (including phenoxy) is 4. The molecule has 0 aromatic carbocycles. The van der Waals surface area contributed by atoms with Crippen LogP contribution < -0.4 is 0 Å². The maximum Gasteiger partial charge on any atom is 0.309 e. The number of rotatable bonds is 8. The molecule has 3 rings (SSSR count). The van der Waals surface area contributed by atoms with Gasteiger partial charge >= 0.3 is 17.9 Å². The van der Waals surface area contributed by atoms with Crippen LogP contribution in [0.4, 0.5) is 0 Å². The van der Waals surface area contributed by atoms with Crippen molar-refractivity contribution in [1.82, 2.24) is 0 Å². The van der Waals surface area contributed by atoms with E-state index < -0.39 is 47.6 Å². The molecule has 1 heterocycles. The second-order valence-corrected chi connectivity index (χ2v) is 11.2. The van der Waals surface area contributed by atoms with Gasteiger partial charge in [0.05, 0.1) is 17.4 Å². The van der Waals surface area contributed by atoms with Crippen molar-refractivity contribution in [1.29, 1.82) is 0 Å². The first-order chi connectivity index (χ1) is 17.3. The number of esters is 3. The van der Waals surface area contributed by atoms with Gasteiger partial charge in [-0.3, -0.25) is 19.1 Å². The molecule has 0 aromatic rings. The number of aliphatic hydroxyl groups is 1. The number of carbonyl (C=O) groups is 3. The van der Waals surface area contributed by atoms with E-state index in [1.807, 2.05) is 20.8 Å². The van der Waals surface area contributed by atoms with Crippen LogP contribution in [0.15, 0.2) is 36.0 Å². The van der Waals surface area contributed by atoms with E-state index in [9.17, 15) is 19.5 Å². The molecular weight excluding hydrogens is 476 g/mol. The zero-order chi connectivity index (χ0) is 27.7. The van der Waals surface area contributed by atoms with Gasteiger partial charge < -0.3 is 19.3 Å². The molecule has 8 nitrogen and oxygen atoms in total. The minimum absolute atomic E-state index is 0.0722. The summed E-state index contributed by atoms with van der Waals surface area (Å²) >= 11 is 0. The molecule has 1 spiro atoms. The number of hydrogen-bond acceptors (Lipinski definition) is 8. The van der Waals surface area contributed by atoms with Crippen molar-refractivity contribution >= 4 is 17.9 Å². The molecule has 1 saturated heterocycles. The standard InChI is InChI=1S/C29H42O8/c1-9-16(3)11-12-28(8)18(5)13-24(32)29-22(26(34-19(6)30)37-27(29)35-20(7)31)14-21(15-23(28)29)36-25(33)17(4)10-2/h9,11,14,17-18,21,23-24,26-27,32H,1,10,12-13,15H2,2-8H3/b16-11+/t17?,18-,21-,23+,24+,26+,27-,28-,29?/m0/s1. The Hall–Kier alpha value is -2.45. The highest BCUT2D eigenvalue weighted by atomic mass is 16.8. The number of allylic oxidation sites excluding steroid dienone is 3. The molecule has 2 unspecified atom stereocenters. The molecule has 1 saturated carbocycles. The van der Waals surface area contributed by atoms with Gasteiger partial charge in [-0.15, -0.1) is 0 Å². The minimum Gasteiger partial charge on any atom is -0.458 e. The highest BCUT2D eigenvalue weighted by molar-refractivity contribution is 5.72. The van der Waals surface area contributed by atoms with E-state index >= 15 is 0 Å². The smallest absolute Gasteiger partial charge is 0.309 e. The van der Waals surface area contributed by atoms with Crippen LogP contribution in [0.5, 0.6) is 0 Å². The van der Waals surface area contributed by atoms with E-state index in [0.29, 0.717) is 31.3 Å². The fourth-order valence-corrected chi connectivity index (χ4v) is 6.30. The second-order valence-electron chi connectivity index (χ2n) is 11.2. The van der Waals surface area contributed by atoms with E-state index in [2.05, 4.69) is 26.5 Å². The highest BCUT2D eigenvalue weighted by Gasteiger charge is 2.71. The van der Waals surface area contributed by atoms with Gasteiger partial charge in [0.15, 0.2) is 0 Å². The van der Waals surface area contributed by atoms with Crippen LogP contribution in [-0.4, -0.2) is 47.8 Å². The number of aliphatic hydroxyl groups excluding tert-OH is 1. The number of carbonyl (C=O) groups excluding carboxylic acids is 3. The van der Waals surface area contributed by atoms with Gasteiger partial charge in [0, 0.05) is 19.4 Å². The summed E-state index contributed by atoms with van der Waals surface area (Å²) in [6, 6.07) is 0. The Bertz CT molecular complexity index is 982. The van der Waals surface area contributed by atoms with Crippen molar-refractivity contribution in [3.05, 3.63) is 36.0 Å². The van der Waals surface area contributed by atoms with Gasteiger partial charge in [0.2, 0.25) is 12.6 Å². The lowest BCUT2D eigenvalue weighted by Gasteiger charge is -2.60. The SMILES string of the molecule is C=C/C(C)=C/C[C@@]1(C)[C@@H](C)C[C@@H](O)C23C(=C[C@H](OC(=O)C(C)CC)C[C@@H]21)[C@H](OC(C)=O)O[C@@H]3OC(C)=O. The summed E-state index contributed by atoms with van der Waals surface area (Å²) in [6.07, 6.45) is 3.89. The van der Waals surface area contributed by atoms with Crippen molar-refractivity contribution in [2.75, 3.05) is 0 Å². The van der Waals surface area contributed by atoms with Crippen molar-refractivity contribution in [2.24, 2.45) is 28.6 Å². The molecule has 2 fully saturated rings. The third-order valence-electron chi connectivity index (χ3n) is 8.87. The van der Waals surface area contributed by atoms with E-state index in [-0.39, 0.29) is 23.7 Å². The quantitative estimate of drug-likeness (QED) is 0.215. The van der Waals surface area contributed by atoms with Crippen LogP contribution >= 0.6 is 0 Å². The molecule has 3 aliphatic rings. The Balaban J connectivity index is 2.21. The lowest BCUT2D eigenvalue weighted by Crippen LogP contribution is -2.63. The average molecular weight is 519 g/mol. The summed E-state index contributed by atoms with van der Waals surface area (Å²) in [5.41, 5.74) is -0.0572. The Morgan fingerprint density at radius 1 is 1.19 bits per heavy atom. The van der Waals surface area contributed by atoms with Gasteiger partial charge in [0.1, 0.15) is 6.10 Å².